The van der Waals surface area contributed by atoms with Gasteiger partial charge in [0.05, 0.1) is 0 Å². The lowest BCUT2D eigenvalue weighted by Crippen LogP contribution is -2.28. The van der Waals surface area contributed by atoms with Crippen LogP contribution in [0, 0.1) is 0 Å². The zero-order valence-electron chi connectivity index (χ0n) is 30.4. The number of carboxylic acids is 1. The second-order valence-electron chi connectivity index (χ2n) is 13.5. The topological polar surface area (TPSA) is 92.7 Å². The summed E-state index contributed by atoms with van der Waals surface area (Å²) < 4.78 is 5.94. The molecule has 0 aromatic rings. The van der Waals surface area contributed by atoms with E-state index in [1.165, 1.54) is 122 Å². The van der Waals surface area contributed by atoms with E-state index in [0.29, 0.717) is 12.8 Å². The number of esters is 1. The minimum Gasteiger partial charge on any atom is -0.480 e. The first-order valence-corrected chi connectivity index (χ1v) is 19.8. The Morgan fingerprint density at radius 2 is 0.978 bits per heavy atom. The van der Waals surface area contributed by atoms with Crippen LogP contribution in [0.1, 0.15) is 213 Å². The first-order chi connectivity index (χ1) is 22.5. The van der Waals surface area contributed by atoms with Crippen LogP contribution in [-0.4, -0.2) is 35.6 Å². The van der Waals surface area contributed by atoms with Crippen LogP contribution in [0.4, 0.5) is 0 Å². The van der Waals surface area contributed by atoms with Gasteiger partial charge in [0, 0.05) is 12.8 Å². The van der Waals surface area contributed by atoms with E-state index >= 15 is 0 Å². The molecule has 2 N–H and O–H groups in total. The second kappa shape index (κ2) is 36.0. The van der Waals surface area contributed by atoms with Gasteiger partial charge in [0.15, 0.2) is 0 Å². The maximum absolute atomic E-state index is 12.7. The van der Waals surface area contributed by atoms with Crippen molar-refractivity contribution >= 4 is 17.8 Å². The largest absolute Gasteiger partial charge is 0.480 e. The highest BCUT2D eigenvalue weighted by Crippen LogP contribution is 2.16. The van der Waals surface area contributed by atoms with Gasteiger partial charge in [0.2, 0.25) is 5.91 Å². The highest BCUT2D eigenvalue weighted by molar-refractivity contribution is 5.80. The highest BCUT2D eigenvalue weighted by atomic mass is 16.5. The molecular formula is C40H75NO5. The monoisotopic (exact) mass is 650 g/mol. The first-order valence-electron chi connectivity index (χ1n) is 19.8. The van der Waals surface area contributed by atoms with Crippen molar-refractivity contribution in [2.24, 2.45) is 0 Å². The Labute approximate surface area is 284 Å². The molecule has 1 atom stereocenters. The molecule has 0 rings (SSSR count). The molecule has 0 aromatic carbocycles. The van der Waals surface area contributed by atoms with Gasteiger partial charge in [-0.1, -0.05) is 168 Å². The van der Waals surface area contributed by atoms with Crippen LogP contribution in [0.5, 0.6) is 0 Å². The predicted molar refractivity (Wildman–Crippen MR) is 194 cm³/mol. The fraction of sp³-hybridized carbons (Fsp3) is 0.875. The molecule has 0 radical (unpaired) electrons. The van der Waals surface area contributed by atoms with E-state index in [-0.39, 0.29) is 24.5 Å². The Morgan fingerprint density at radius 3 is 1.46 bits per heavy atom. The summed E-state index contributed by atoms with van der Waals surface area (Å²) >= 11 is 0. The Balaban J connectivity index is 4.14. The van der Waals surface area contributed by atoms with Crippen molar-refractivity contribution in [3.8, 4) is 0 Å². The third-order valence-electron chi connectivity index (χ3n) is 8.92. The molecule has 6 nitrogen and oxygen atoms in total. The number of amides is 1. The molecule has 0 saturated heterocycles. The van der Waals surface area contributed by atoms with E-state index in [2.05, 4.69) is 31.3 Å². The van der Waals surface area contributed by atoms with Crippen molar-refractivity contribution in [2.45, 2.75) is 219 Å². The number of aliphatic carboxylic acids is 1. The molecule has 0 fully saturated rings. The second-order valence-corrected chi connectivity index (χ2v) is 13.5. The predicted octanol–water partition coefficient (Wildman–Crippen LogP) is 11.8. The zero-order valence-corrected chi connectivity index (χ0v) is 30.4. The van der Waals surface area contributed by atoms with Crippen LogP contribution in [0.15, 0.2) is 12.2 Å². The third kappa shape index (κ3) is 35.0. The minimum atomic E-state index is -1.01. The molecule has 0 spiro atoms. The number of nitrogens with one attached hydrogen (secondary N) is 1. The smallest absolute Gasteiger partial charge is 0.322 e. The van der Waals surface area contributed by atoms with Gasteiger partial charge >= 0.3 is 11.9 Å². The lowest BCUT2D eigenvalue weighted by molar-refractivity contribution is -0.147. The van der Waals surface area contributed by atoms with Crippen LogP contribution in [-0.2, 0) is 19.1 Å². The number of unbranched alkanes of at least 4 members (excludes halogenated alkanes) is 25. The molecule has 46 heavy (non-hydrogen) atoms. The van der Waals surface area contributed by atoms with Gasteiger partial charge in [0.1, 0.15) is 12.6 Å². The summed E-state index contributed by atoms with van der Waals surface area (Å²) in [6, 6.07) is 0. The van der Waals surface area contributed by atoms with E-state index in [1.807, 2.05) is 0 Å². The van der Waals surface area contributed by atoms with Crippen LogP contribution in [0.2, 0.25) is 0 Å². The van der Waals surface area contributed by atoms with E-state index in [9.17, 15) is 14.4 Å². The molecule has 0 heterocycles. The summed E-state index contributed by atoms with van der Waals surface area (Å²) in [5.41, 5.74) is 0. The van der Waals surface area contributed by atoms with Gasteiger partial charge in [-0.2, -0.15) is 0 Å². The van der Waals surface area contributed by atoms with Gasteiger partial charge in [-0.25, -0.2) is 0 Å². The van der Waals surface area contributed by atoms with Gasteiger partial charge in [0.25, 0.3) is 0 Å². The Bertz CT molecular complexity index is 722. The van der Waals surface area contributed by atoms with Gasteiger partial charge in [-0.3, -0.25) is 14.4 Å². The number of hydrogen-bond acceptors (Lipinski definition) is 4. The molecule has 0 saturated carbocycles. The molecule has 6 heteroatoms. The SMILES string of the molecule is CCCCCCCCC/C=C\C(CCCCCCCCC(=O)NCC(=O)O)OC(=O)CCCCCCCCCCCCCCCC. The van der Waals surface area contributed by atoms with Gasteiger partial charge < -0.3 is 15.2 Å². The van der Waals surface area contributed by atoms with E-state index in [0.717, 1.165) is 64.2 Å². The van der Waals surface area contributed by atoms with E-state index in [1.54, 1.807) is 0 Å². The van der Waals surface area contributed by atoms with Crippen molar-refractivity contribution in [1.29, 1.82) is 0 Å². The number of ether oxygens (including phenoxy) is 1. The Morgan fingerprint density at radius 1 is 0.565 bits per heavy atom. The summed E-state index contributed by atoms with van der Waals surface area (Å²) in [6.45, 7) is 4.22. The maximum atomic E-state index is 12.7. The first kappa shape index (κ1) is 44.1. The van der Waals surface area contributed by atoms with Crippen molar-refractivity contribution in [2.75, 3.05) is 6.54 Å². The highest BCUT2D eigenvalue weighted by Gasteiger charge is 2.11. The van der Waals surface area contributed by atoms with Crippen molar-refractivity contribution < 1.29 is 24.2 Å². The maximum Gasteiger partial charge on any atom is 0.322 e. The molecular weight excluding hydrogens is 574 g/mol. The van der Waals surface area contributed by atoms with Gasteiger partial charge in [-0.05, 0) is 44.6 Å². The van der Waals surface area contributed by atoms with Gasteiger partial charge in [-0.15, -0.1) is 0 Å². The molecule has 0 aliphatic carbocycles. The summed E-state index contributed by atoms with van der Waals surface area (Å²) in [7, 11) is 0. The average molecular weight is 650 g/mol. The molecule has 0 aromatic heterocycles. The Kier molecular flexibility index (Phi) is 34.5. The molecule has 0 bridgehead atoms. The zero-order chi connectivity index (χ0) is 33.8. The quantitative estimate of drug-likeness (QED) is 0.0400. The molecule has 1 amide bonds. The summed E-state index contributed by atoms with van der Waals surface area (Å²) in [5, 5.41) is 11.0. The standard InChI is InChI=1S/C40H75NO5/c1-3-5-7-9-11-13-14-15-16-17-19-21-27-31-35-40(45)46-37(32-28-24-20-18-12-10-8-6-4-2)33-29-25-22-23-26-30-34-38(42)41-36-39(43)44/h28,32,37H,3-27,29-31,33-36H2,1-2H3,(H,41,42)(H,43,44)/b32-28-. The lowest BCUT2D eigenvalue weighted by atomic mass is 10.0. The van der Waals surface area contributed by atoms with Crippen molar-refractivity contribution in [3.63, 3.8) is 0 Å². The van der Waals surface area contributed by atoms with Crippen LogP contribution >= 0.6 is 0 Å². The van der Waals surface area contributed by atoms with E-state index in [4.69, 9.17) is 9.84 Å². The molecule has 0 aliphatic heterocycles. The summed E-state index contributed by atoms with van der Waals surface area (Å²) in [6.07, 6.45) is 40.6. The fourth-order valence-corrected chi connectivity index (χ4v) is 5.95. The minimum absolute atomic E-state index is 0.0503. The number of carbonyl (C=O) groups is 3. The number of carboxylic acid groups (broad SMARTS) is 1. The molecule has 270 valence electrons. The Hall–Kier alpha value is -1.85. The number of rotatable bonds is 36. The van der Waals surface area contributed by atoms with Crippen molar-refractivity contribution in [3.05, 3.63) is 12.2 Å². The van der Waals surface area contributed by atoms with Crippen LogP contribution < -0.4 is 5.32 Å². The van der Waals surface area contributed by atoms with Crippen molar-refractivity contribution in [1.82, 2.24) is 5.32 Å². The van der Waals surface area contributed by atoms with Crippen LogP contribution in [0.3, 0.4) is 0 Å². The average Bonchev–Trinajstić information content (AvgIpc) is 3.04. The molecule has 0 aliphatic rings. The number of carbonyl (C=O) groups excluding carboxylic acids is 2. The van der Waals surface area contributed by atoms with Crippen LogP contribution in [0.25, 0.3) is 0 Å². The number of hydrogen-bond donors (Lipinski definition) is 2. The lowest BCUT2D eigenvalue weighted by Gasteiger charge is -2.15. The van der Waals surface area contributed by atoms with E-state index < -0.39 is 5.97 Å². The third-order valence-corrected chi connectivity index (χ3v) is 8.92. The normalized spacial score (nSPS) is 12.0. The fourth-order valence-electron chi connectivity index (χ4n) is 5.95. The summed E-state index contributed by atoms with van der Waals surface area (Å²) in [5.74, 6) is -1.25. The molecule has 1 unspecified atom stereocenters. The number of allylic oxidation sites excluding steroid dienone is 1. The summed E-state index contributed by atoms with van der Waals surface area (Å²) in [4.78, 5) is 34.8.